The Bertz CT molecular complexity index is 172. The Hall–Kier alpha value is -0.650. The van der Waals surface area contributed by atoms with Crippen LogP contribution in [0.3, 0.4) is 0 Å². The van der Waals surface area contributed by atoms with Crippen molar-refractivity contribution in [1.29, 1.82) is 0 Å². The molecule has 0 aliphatic rings. The molecule has 0 bridgehead atoms. The zero-order chi connectivity index (χ0) is 11.1. The smallest absolute Gasteiger partial charge is 0.320 e. The van der Waals surface area contributed by atoms with Crippen LogP contribution >= 0.6 is 0 Å². The van der Waals surface area contributed by atoms with Gasteiger partial charge in [-0.25, -0.2) is 0 Å². The van der Waals surface area contributed by atoms with Crippen LogP contribution in [0.2, 0.25) is 0 Å². The number of rotatable bonds is 7. The molecule has 2 unspecified atom stereocenters. The van der Waals surface area contributed by atoms with Crippen LogP contribution in [0, 0.1) is 5.92 Å². The molecule has 0 aliphatic carbocycles. The van der Waals surface area contributed by atoms with E-state index in [9.17, 15) is 4.79 Å². The fourth-order valence-electron chi connectivity index (χ4n) is 1.16. The first kappa shape index (κ1) is 13.4. The van der Waals surface area contributed by atoms with E-state index in [0.29, 0.717) is 6.61 Å². The van der Waals surface area contributed by atoms with Gasteiger partial charge in [0.05, 0.1) is 19.3 Å². The third kappa shape index (κ3) is 4.55. The van der Waals surface area contributed by atoms with Gasteiger partial charge in [0.1, 0.15) is 6.04 Å². The Balaban J connectivity index is 4.18. The third-order valence-electron chi connectivity index (χ3n) is 1.94. The highest BCUT2D eigenvalue weighted by Crippen LogP contribution is 2.03. The standard InChI is InChI=1S/C9H19NO4/c1-6(2)8(9(12)13)10-7(4-11)5-14-3/h6-8,10-11H,4-5H2,1-3H3,(H,12,13). The largest absolute Gasteiger partial charge is 0.480 e. The summed E-state index contributed by atoms with van der Waals surface area (Å²) < 4.78 is 4.84. The lowest BCUT2D eigenvalue weighted by Gasteiger charge is -2.23. The van der Waals surface area contributed by atoms with Gasteiger partial charge < -0.3 is 14.9 Å². The lowest BCUT2D eigenvalue weighted by molar-refractivity contribution is -0.141. The molecule has 5 nitrogen and oxygen atoms in total. The van der Waals surface area contributed by atoms with Crippen LogP contribution in [0.4, 0.5) is 0 Å². The molecule has 0 fully saturated rings. The molecular weight excluding hydrogens is 186 g/mol. The van der Waals surface area contributed by atoms with Crippen LogP contribution < -0.4 is 5.32 Å². The fourth-order valence-corrected chi connectivity index (χ4v) is 1.16. The first-order chi connectivity index (χ1) is 6.52. The van der Waals surface area contributed by atoms with Gasteiger partial charge in [-0.3, -0.25) is 10.1 Å². The van der Waals surface area contributed by atoms with E-state index in [1.54, 1.807) is 0 Å². The van der Waals surface area contributed by atoms with Crippen LogP contribution in [0.25, 0.3) is 0 Å². The summed E-state index contributed by atoms with van der Waals surface area (Å²) in [6.07, 6.45) is 0. The average molecular weight is 205 g/mol. The molecule has 0 heterocycles. The van der Waals surface area contributed by atoms with Gasteiger partial charge in [0.2, 0.25) is 0 Å². The van der Waals surface area contributed by atoms with Crippen molar-refractivity contribution in [2.24, 2.45) is 5.92 Å². The zero-order valence-corrected chi connectivity index (χ0v) is 8.86. The topological polar surface area (TPSA) is 78.8 Å². The Kier molecular flexibility index (Phi) is 6.44. The number of aliphatic hydroxyl groups is 1. The van der Waals surface area contributed by atoms with Crippen molar-refractivity contribution < 1.29 is 19.7 Å². The molecule has 14 heavy (non-hydrogen) atoms. The van der Waals surface area contributed by atoms with Crippen molar-refractivity contribution in [2.75, 3.05) is 20.3 Å². The highest BCUT2D eigenvalue weighted by molar-refractivity contribution is 5.73. The SMILES string of the molecule is COCC(CO)NC(C(=O)O)C(C)C. The van der Waals surface area contributed by atoms with E-state index < -0.39 is 12.0 Å². The van der Waals surface area contributed by atoms with Crippen LogP contribution in [-0.4, -0.2) is 48.6 Å². The molecular formula is C9H19NO4. The minimum absolute atomic E-state index is 0.0293. The van der Waals surface area contributed by atoms with Gasteiger partial charge in [0, 0.05) is 7.11 Å². The monoisotopic (exact) mass is 205 g/mol. The lowest BCUT2D eigenvalue weighted by atomic mass is 10.0. The van der Waals surface area contributed by atoms with Gasteiger partial charge in [-0.1, -0.05) is 13.8 Å². The minimum atomic E-state index is -0.908. The number of nitrogens with one attached hydrogen (secondary N) is 1. The second kappa shape index (κ2) is 6.75. The van der Waals surface area contributed by atoms with Gasteiger partial charge in [0.25, 0.3) is 0 Å². The lowest BCUT2D eigenvalue weighted by Crippen LogP contribution is -2.49. The summed E-state index contributed by atoms with van der Waals surface area (Å²) in [5.74, 6) is -0.937. The molecule has 84 valence electrons. The summed E-state index contributed by atoms with van der Waals surface area (Å²) in [6.45, 7) is 3.79. The average Bonchev–Trinajstić information content (AvgIpc) is 2.10. The zero-order valence-electron chi connectivity index (χ0n) is 8.86. The molecule has 0 aromatic heterocycles. The number of carboxylic acid groups (broad SMARTS) is 1. The van der Waals surface area contributed by atoms with E-state index in [0.717, 1.165) is 0 Å². The molecule has 2 atom stereocenters. The normalized spacial score (nSPS) is 15.5. The van der Waals surface area contributed by atoms with E-state index in [4.69, 9.17) is 14.9 Å². The number of aliphatic carboxylic acids is 1. The maximum absolute atomic E-state index is 10.8. The van der Waals surface area contributed by atoms with Gasteiger partial charge in [0.15, 0.2) is 0 Å². The molecule has 0 aromatic carbocycles. The van der Waals surface area contributed by atoms with Crippen molar-refractivity contribution in [3.8, 4) is 0 Å². The molecule has 0 amide bonds. The Morgan fingerprint density at radius 3 is 2.36 bits per heavy atom. The predicted octanol–water partition coefficient (Wildman–Crippen LogP) is -0.307. The third-order valence-corrected chi connectivity index (χ3v) is 1.94. The molecule has 0 spiro atoms. The molecule has 5 heteroatoms. The van der Waals surface area contributed by atoms with E-state index in [1.165, 1.54) is 7.11 Å². The number of hydrogen-bond donors (Lipinski definition) is 3. The number of carboxylic acids is 1. The molecule has 0 rings (SSSR count). The highest BCUT2D eigenvalue weighted by Gasteiger charge is 2.24. The first-order valence-corrected chi connectivity index (χ1v) is 4.61. The summed E-state index contributed by atoms with van der Waals surface area (Å²) in [5.41, 5.74) is 0. The van der Waals surface area contributed by atoms with Crippen LogP contribution in [0.5, 0.6) is 0 Å². The second-order valence-electron chi connectivity index (χ2n) is 3.56. The van der Waals surface area contributed by atoms with Gasteiger partial charge in [-0.2, -0.15) is 0 Å². The minimum Gasteiger partial charge on any atom is -0.480 e. The van der Waals surface area contributed by atoms with Crippen LogP contribution in [-0.2, 0) is 9.53 Å². The van der Waals surface area contributed by atoms with E-state index >= 15 is 0 Å². The van der Waals surface area contributed by atoms with Gasteiger partial charge >= 0.3 is 5.97 Å². The number of hydrogen-bond acceptors (Lipinski definition) is 4. The summed E-state index contributed by atoms with van der Waals surface area (Å²) in [6, 6.07) is -0.981. The fraction of sp³-hybridized carbons (Fsp3) is 0.889. The summed E-state index contributed by atoms with van der Waals surface area (Å²) in [7, 11) is 1.51. The number of methoxy groups -OCH3 is 1. The van der Waals surface area contributed by atoms with Crippen LogP contribution in [0.1, 0.15) is 13.8 Å². The van der Waals surface area contributed by atoms with E-state index in [1.807, 2.05) is 13.8 Å². The maximum Gasteiger partial charge on any atom is 0.320 e. The quantitative estimate of drug-likeness (QED) is 0.531. The summed E-state index contributed by atoms with van der Waals surface area (Å²) in [5, 5.41) is 20.6. The number of aliphatic hydroxyl groups excluding tert-OH is 1. The van der Waals surface area contributed by atoms with Crippen LogP contribution in [0.15, 0.2) is 0 Å². The maximum atomic E-state index is 10.8. The Morgan fingerprint density at radius 1 is 1.50 bits per heavy atom. The molecule has 0 radical (unpaired) electrons. The van der Waals surface area contributed by atoms with Gasteiger partial charge in [-0.05, 0) is 5.92 Å². The Labute approximate surface area is 84.1 Å². The highest BCUT2D eigenvalue weighted by atomic mass is 16.5. The van der Waals surface area contributed by atoms with E-state index in [-0.39, 0.29) is 18.6 Å². The van der Waals surface area contributed by atoms with Crippen molar-refractivity contribution >= 4 is 5.97 Å². The van der Waals surface area contributed by atoms with Crippen molar-refractivity contribution in [3.05, 3.63) is 0 Å². The first-order valence-electron chi connectivity index (χ1n) is 4.61. The Morgan fingerprint density at radius 2 is 2.07 bits per heavy atom. The molecule has 3 N–H and O–H groups in total. The summed E-state index contributed by atoms with van der Waals surface area (Å²) >= 11 is 0. The molecule has 0 aliphatic heterocycles. The molecule has 0 saturated carbocycles. The van der Waals surface area contributed by atoms with Crippen molar-refractivity contribution in [2.45, 2.75) is 25.9 Å². The predicted molar refractivity (Wildman–Crippen MR) is 52.1 cm³/mol. The molecule has 0 aromatic rings. The van der Waals surface area contributed by atoms with Crippen molar-refractivity contribution in [1.82, 2.24) is 5.32 Å². The van der Waals surface area contributed by atoms with Crippen molar-refractivity contribution in [3.63, 3.8) is 0 Å². The summed E-state index contributed by atoms with van der Waals surface area (Å²) in [4.78, 5) is 10.8. The molecule has 0 saturated heterocycles. The van der Waals surface area contributed by atoms with E-state index in [2.05, 4.69) is 5.32 Å². The van der Waals surface area contributed by atoms with Gasteiger partial charge in [-0.15, -0.1) is 0 Å². The number of carbonyl (C=O) groups is 1. The second-order valence-corrected chi connectivity index (χ2v) is 3.56. The number of ether oxygens (including phenoxy) is 1.